The van der Waals surface area contributed by atoms with E-state index in [2.05, 4.69) is 15.9 Å². The summed E-state index contributed by atoms with van der Waals surface area (Å²) in [5.74, 6) is 0.463. The molecule has 0 aromatic carbocycles. The first kappa shape index (κ1) is 15.0. The molecule has 1 aromatic rings. The van der Waals surface area contributed by atoms with E-state index in [0.717, 1.165) is 19.3 Å². The van der Waals surface area contributed by atoms with Crippen molar-refractivity contribution in [3.63, 3.8) is 0 Å². The highest BCUT2D eigenvalue weighted by Gasteiger charge is 2.40. The molecule has 0 radical (unpaired) electrons. The van der Waals surface area contributed by atoms with Crippen molar-refractivity contribution in [3.05, 3.63) is 16.5 Å². The molecule has 0 bridgehead atoms. The highest BCUT2D eigenvalue weighted by atomic mass is 79.9. The Morgan fingerprint density at radius 1 is 1.53 bits per heavy atom. The topological polar surface area (TPSA) is 76.5 Å². The molecule has 2 rings (SSSR count). The molecule has 2 unspecified atom stereocenters. The number of nitrogens with zero attached hydrogens (tertiary/aromatic N) is 1. The van der Waals surface area contributed by atoms with Crippen LogP contribution in [0, 0.1) is 0 Å². The Balaban J connectivity index is 2.43. The molecule has 0 amide bonds. The van der Waals surface area contributed by atoms with Gasteiger partial charge >= 0.3 is 0 Å². The summed E-state index contributed by atoms with van der Waals surface area (Å²) < 4.78 is 32.7. The highest BCUT2D eigenvalue weighted by molar-refractivity contribution is 9.10. The van der Waals surface area contributed by atoms with Gasteiger partial charge in [0, 0.05) is 18.2 Å². The van der Waals surface area contributed by atoms with E-state index >= 15 is 0 Å². The van der Waals surface area contributed by atoms with Crippen LogP contribution in [0.2, 0.25) is 0 Å². The van der Waals surface area contributed by atoms with Gasteiger partial charge in [-0.15, -0.1) is 0 Å². The van der Waals surface area contributed by atoms with Gasteiger partial charge in [-0.05, 0) is 42.1 Å². The van der Waals surface area contributed by atoms with Gasteiger partial charge in [-0.3, -0.25) is 0 Å². The molecule has 0 spiro atoms. The van der Waals surface area contributed by atoms with Crippen LogP contribution in [0.4, 0.5) is 0 Å². The summed E-state index contributed by atoms with van der Waals surface area (Å²) in [5.41, 5.74) is 5.49. The maximum atomic E-state index is 12.8. The second-order valence-corrected chi connectivity index (χ2v) is 7.41. The third kappa shape index (κ3) is 2.61. The Kier molecular flexibility index (Phi) is 4.39. The molecule has 108 valence electrons. The average molecular weight is 351 g/mol. The second kappa shape index (κ2) is 5.55. The van der Waals surface area contributed by atoms with E-state index in [-0.39, 0.29) is 28.2 Å². The van der Waals surface area contributed by atoms with Crippen molar-refractivity contribution in [2.75, 3.05) is 0 Å². The lowest BCUT2D eigenvalue weighted by Gasteiger charge is -2.26. The summed E-state index contributed by atoms with van der Waals surface area (Å²) in [4.78, 5) is 0.181. The van der Waals surface area contributed by atoms with E-state index in [4.69, 9.17) is 10.2 Å². The Morgan fingerprint density at radius 2 is 2.21 bits per heavy atom. The van der Waals surface area contributed by atoms with Gasteiger partial charge in [0.05, 0.1) is 6.54 Å². The first-order chi connectivity index (χ1) is 8.91. The largest absolute Gasteiger partial charge is 0.452 e. The van der Waals surface area contributed by atoms with Gasteiger partial charge in [0.25, 0.3) is 0 Å². The van der Waals surface area contributed by atoms with Crippen LogP contribution in [0.3, 0.4) is 0 Å². The number of halogens is 1. The molecule has 7 heteroatoms. The summed E-state index contributed by atoms with van der Waals surface area (Å²) in [6.07, 6.45) is 2.63. The smallest absolute Gasteiger partial charge is 0.247 e. The van der Waals surface area contributed by atoms with Crippen LogP contribution in [0.25, 0.3) is 0 Å². The van der Waals surface area contributed by atoms with Crippen LogP contribution in [-0.4, -0.2) is 24.8 Å². The zero-order chi connectivity index (χ0) is 14.2. The fraction of sp³-hybridized carbons (Fsp3) is 0.667. The molecule has 19 heavy (non-hydrogen) atoms. The zero-order valence-electron chi connectivity index (χ0n) is 11.1. The summed E-state index contributed by atoms with van der Waals surface area (Å²) in [5, 5.41) is 0. The van der Waals surface area contributed by atoms with Gasteiger partial charge in [-0.25, -0.2) is 8.42 Å². The van der Waals surface area contributed by atoms with Crippen molar-refractivity contribution < 1.29 is 12.8 Å². The van der Waals surface area contributed by atoms with E-state index in [0.29, 0.717) is 5.76 Å². The molecule has 0 aliphatic carbocycles. The standard InChI is InChI=1S/C12H19BrN2O3S/c1-3-9-5-4-8(2)15(9)19(16,17)11-6-10(7-14)18-12(11)13/h6,8-9H,3-5,7,14H2,1-2H3. The van der Waals surface area contributed by atoms with Crippen LogP contribution in [-0.2, 0) is 16.6 Å². The maximum Gasteiger partial charge on any atom is 0.247 e. The van der Waals surface area contributed by atoms with Crippen molar-refractivity contribution in [2.24, 2.45) is 5.73 Å². The number of furan rings is 1. The van der Waals surface area contributed by atoms with Gasteiger partial charge in [-0.2, -0.15) is 4.31 Å². The predicted molar refractivity (Wildman–Crippen MR) is 76.1 cm³/mol. The second-order valence-electron chi connectivity index (χ2n) is 4.88. The molecule has 1 aromatic heterocycles. The molecule has 0 saturated carbocycles. The summed E-state index contributed by atoms with van der Waals surface area (Å²) in [6.45, 7) is 4.15. The number of hydrogen-bond acceptors (Lipinski definition) is 4. The lowest BCUT2D eigenvalue weighted by Crippen LogP contribution is -2.39. The summed E-state index contributed by atoms with van der Waals surface area (Å²) in [6, 6.07) is 1.61. The van der Waals surface area contributed by atoms with Crippen LogP contribution in [0.1, 0.15) is 38.9 Å². The van der Waals surface area contributed by atoms with Gasteiger partial charge in [0.2, 0.25) is 10.0 Å². The van der Waals surface area contributed by atoms with Crippen LogP contribution in [0.15, 0.2) is 20.0 Å². The lowest BCUT2D eigenvalue weighted by atomic mass is 10.2. The number of nitrogens with two attached hydrogens (primary N) is 1. The first-order valence-electron chi connectivity index (χ1n) is 6.43. The fourth-order valence-electron chi connectivity index (χ4n) is 2.65. The van der Waals surface area contributed by atoms with Crippen LogP contribution in [0.5, 0.6) is 0 Å². The molecule has 1 saturated heterocycles. The summed E-state index contributed by atoms with van der Waals surface area (Å²) >= 11 is 3.17. The van der Waals surface area contributed by atoms with E-state index < -0.39 is 10.0 Å². The van der Waals surface area contributed by atoms with Crippen molar-refractivity contribution in [1.82, 2.24) is 4.31 Å². The fourth-order valence-corrected chi connectivity index (χ4v) is 5.57. The predicted octanol–water partition coefficient (Wildman–Crippen LogP) is 2.45. The Hall–Kier alpha value is -0.370. The van der Waals surface area contributed by atoms with Gasteiger partial charge in [0.15, 0.2) is 4.67 Å². The number of sulfonamides is 1. The van der Waals surface area contributed by atoms with Crippen molar-refractivity contribution in [2.45, 2.75) is 56.6 Å². The molecular formula is C12H19BrN2O3S. The number of hydrogen-bond donors (Lipinski definition) is 1. The van der Waals surface area contributed by atoms with E-state index in [1.807, 2.05) is 13.8 Å². The molecule has 5 nitrogen and oxygen atoms in total. The molecule has 2 heterocycles. The van der Waals surface area contributed by atoms with Gasteiger partial charge in [-0.1, -0.05) is 6.92 Å². The third-order valence-electron chi connectivity index (χ3n) is 3.65. The normalized spacial score (nSPS) is 25.1. The Labute approximate surface area is 122 Å². The molecule has 1 fully saturated rings. The lowest BCUT2D eigenvalue weighted by molar-refractivity contribution is 0.328. The Bertz CT molecular complexity index is 555. The van der Waals surface area contributed by atoms with Crippen LogP contribution >= 0.6 is 15.9 Å². The highest BCUT2D eigenvalue weighted by Crippen LogP contribution is 2.36. The monoisotopic (exact) mass is 350 g/mol. The number of rotatable bonds is 4. The molecular weight excluding hydrogens is 332 g/mol. The van der Waals surface area contributed by atoms with E-state index in [1.165, 1.54) is 6.07 Å². The van der Waals surface area contributed by atoms with Crippen molar-refractivity contribution in [1.29, 1.82) is 0 Å². The quantitative estimate of drug-likeness (QED) is 0.904. The molecule has 2 atom stereocenters. The van der Waals surface area contributed by atoms with Gasteiger partial charge in [0.1, 0.15) is 10.7 Å². The SMILES string of the molecule is CCC1CCC(C)N1S(=O)(=O)c1cc(CN)oc1Br. The summed E-state index contributed by atoms with van der Waals surface area (Å²) in [7, 11) is -3.53. The minimum Gasteiger partial charge on any atom is -0.452 e. The molecule has 1 aliphatic rings. The first-order valence-corrected chi connectivity index (χ1v) is 8.67. The minimum atomic E-state index is -3.53. The minimum absolute atomic E-state index is 0.0260. The van der Waals surface area contributed by atoms with E-state index in [9.17, 15) is 8.42 Å². The average Bonchev–Trinajstić information content (AvgIpc) is 2.92. The zero-order valence-corrected chi connectivity index (χ0v) is 13.5. The van der Waals surface area contributed by atoms with Crippen molar-refractivity contribution in [3.8, 4) is 0 Å². The molecule has 1 aliphatic heterocycles. The third-order valence-corrected chi connectivity index (χ3v) is 6.57. The van der Waals surface area contributed by atoms with Gasteiger partial charge < -0.3 is 10.2 Å². The van der Waals surface area contributed by atoms with E-state index in [1.54, 1.807) is 4.31 Å². The molecule has 2 N–H and O–H groups in total. The van der Waals surface area contributed by atoms with Crippen molar-refractivity contribution >= 4 is 26.0 Å². The Morgan fingerprint density at radius 3 is 2.74 bits per heavy atom. The van der Waals surface area contributed by atoms with Crippen LogP contribution < -0.4 is 5.73 Å². The maximum absolute atomic E-state index is 12.8.